The first-order chi connectivity index (χ1) is 10.5. The zero-order valence-corrected chi connectivity index (χ0v) is 17.1. The first-order valence-electron chi connectivity index (χ1n) is 6.62. The summed E-state index contributed by atoms with van der Waals surface area (Å²) in [5, 5.41) is 5.54. The maximum absolute atomic E-state index is 5.49. The molecule has 3 rings (SSSR count). The standard InChI is InChI=1S/C15H14BrIN3OP/c1-8-4-5-10(6-9(8)2)11-7-12-13(15(18-11)21-3)14(16)20(19-12)22-17/h4-7,22H,1-3H3. The zero-order valence-electron chi connectivity index (χ0n) is 12.3. The van der Waals surface area contributed by atoms with Crippen molar-refractivity contribution in [2.75, 3.05) is 7.11 Å². The van der Waals surface area contributed by atoms with Crippen molar-refractivity contribution < 1.29 is 4.74 Å². The summed E-state index contributed by atoms with van der Waals surface area (Å²) in [5.74, 6) is 0.596. The molecule has 0 bridgehead atoms. The van der Waals surface area contributed by atoms with Crippen LogP contribution in [0.2, 0.25) is 0 Å². The normalized spacial score (nSPS) is 11.7. The van der Waals surface area contributed by atoms with Gasteiger partial charge in [-0.15, -0.1) is 0 Å². The second-order valence-corrected chi connectivity index (χ2v) is 7.79. The van der Waals surface area contributed by atoms with Gasteiger partial charge in [-0.3, -0.25) is 0 Å². The van der Waals surface area contributed by atoms with E-state index in [4.69, 9.17) is 4.74 Å². The van der Waals surface area contributed by atoms with Gasteiger partial charge in [0.15, 0.2) is 0 Å². The van der Waals surface area contributed by atoms with Gasteiger partial charge in [0.2, 0.25) is 5.88 Å². The van der Waals surface area contributed by atoms with Crippen LogP contribution in [-0.2, 0) is 0 Å². The molecule has 0 aliphatic rings. The summed E-state index contributed by atoms with van der Waals surface area (Å²) in [6.07, 6.45) is 0.515. The minimum absolute atomic E-state index is 0.515. The van der Waals surface area contributed by atoms with Crippen LogP contribution in [0, 0.1) is 13.8 Å². The minimum atomic E-state index is 0.515. The van der Waals surface area contributed by atoms with Crippen LogP contribution in [0.15, 0.2) is 28.9 Å². The van der Waals surface area contributed by atoms with Crippen molar-refractivity contribution in [2.45, 2.75) is 13.8 Å². The number of halogens is 2. The molecule has 1 unspecified atom stereocenters. The predicted molar refractivity (Wildman–Crippen MR) is 104 cm³/mol. The highest BCUT2D eigenvalue weighted by Gasteiger charge is 2.17. The number of hydrogen-bond acceptors (Lipinski definition) is 3. The van der Waals surface area contributed by atoms with Crippen molar-refractivity contribution in [3.05, 3.63) is 40.0 Å². The summed E-state index contributed by atoms with van der Waals surface area (Å²) in [6, 6.07) is 8.36. The fraction of sp³-hybridized carbons (Fsp3) is 0.200. The first-order valence-corrected chi connectivity index (χ1v) is 11.5. The topological polar surface area (TPSA) is 39.9 Å². The van der Waals surface area contributed by atoms with Crippen LogP contribution in [0.1, 0.15) is 11.1 Å². The second-order valence-electron chi connectivity index (χ2n) is 5.00. The summed E-state index contributed by atoms with van der Waals surface area (Å²) >= 11 is 5.89. The minimum Gasteiger partial charge on any atom is -0.480 e. The summed E-state index contributed by atoms with van der Waals surface area (Å²) < 4.78 is 8.31. The molecule has 7 heteroatoms. The van der Waals surface area contributed by atoms with Crippen molar-refractivity contribution in [3.63, 3.8) is 0 Å². The number of nitrogens with zero attached hydrogens (tertiary/aromatic N) is 3. The van der Waals surface area contributed by atoms with Gasteiger partial charge in [0.1, 0.15) is 10.1 Å². The molecule has 0 saturated carbocycles. The van der Waals surface area contributed by atoms with Gasteiger partial charge in [0.05, 0.1) is 24.6 Å². The van der Waals surface area contributed by atoms with E-state index >= 15 is 0 Å². The molecule has 1 aromatic carbocycles. The highest BCUT2D eigenvalue weighted by atomic mass is 127. The third-order valence-corrected chi connectivity index (χ3v) is 6.56. The molecule has 2 heterocycles. The number of pyridine rings is 1. The van der Waals surface area contributed by atoms with E-state index in [0.29, 0.717) is 12.3 Å². The van der Waals surface area contributed by atoms with Gasteiger partial charge in [-0.25, -0.2) is 9.44 Å². The number of rotatable bonds is 3. The van der Waals surface area contributed by atoms with Crippen LogP contribution in [0.3, 0.4) is 0 Å². The summed E-state index contributed by atoms with van der Waals surface area (Å²) in [4.78, 5) is 4.66. The molecule has 4 nitrogen and oxygen atoms in total. The van der Waals surface area contributed by atoms with Crippen LogP contribution >= 0.6 is 44.3 Å². The Morgan fingerprint density at radius 3 is 2.64 bits per heavy atom. The molecule has 0 saturated heterocycles. The molecule has 0 radical (unpaired) electrons. The Bertz CT molecular complexity index is 866. The van der Waals surface area contributed by atoms with Crippen molar-refractivity contribution in [3.8, 4) is 17.1 Å². The average molecular weight is 490 g/mol. The molecule has 0 N–H and O–H groups in total. The molecule has 0 amide bonds. The van der Waals surface area contributed by atoms with E-state index in [-0.39, 0.29) is 0 Å². The lowest BCUT2D eigenvalue weighted by Crippen LogP contribution is -1.92. The maximum Gasteiger partial charge on any atom is 0.226 e. The zero-order chi connectivity index (χ0) is 15.9. The third kappa shape index (κ3) is 2.76. The van der Waals surface area contributed by atoms with Crippen molar-refractivity contribution in [2.24, 2.45) is 0 Å². The Labute approximate surface area is 152 Å². The van der Waals surface area contributed by atoms with Gasteiger partial charge in [-0.2, -0.15) is 5.10 Å². The van der Waals surface area contributed by atoms with Gasteiger partial charge < -0.3 is 4.74 Å². The van der Waals surface area contributed by atoms with E-state index in [1.165, 1.54) is 11.1 Å². The summed E-state index contributed by atoms with van der Waals surface area (Å²) in [7, 11) is 1.64. The SMILES string of the molecule is COc1nc(-c2ccc(C)c(C)c2)cc2nn(PI)c(Br)c12. The summed E-state index contributed by atoms with van der Waals surface area (Å²) in [6.45, 7) is 4.22. The lowest BCUT2D eigenvalue weighted by molar-refractivity contribution is 0.404. The Morgan fingerprint density at radius 1 is 1.23 bits per heavy atom. The van der Waals surface area contributed by atoms with Gasteiger partial charge in [-0.1, -0.05) is 12.1 Å². The Morgan fingerprint density at radius 2 is 2.00 bits per heavy atom. The quantitative estimate of drug-likeness (QED) is 0.371. The van der Waals surface area contributed by atoms with Crippen molar-refractivity contribution in [1.82, 2.24) is 14.5 Å². The Kier molecular flexibility index (Phi) is 4.71. The fourth-order valence-corrected chi connectivity index (χ4v) is 5.38. The van der Waals surface area contributed by atoms with E-state index in [1.807, 2.05) is 10.5 Å². The Hall–Kier alpha value is -0.720. The van der Waals surface area contributed by atoms with E-state index < -0.39 is 0 Å². The van der Waals surface area contributed by atoms with Crippen LogP contribution in [0.4, 0.5) is 0 Å². The maximum atomic E-state index is 5.49. The number of hydrogen-bond donors (Lipinski definition) is 0. The lowest BCUT2D eigenvalue weighted by atomic mass is 10.0. The monoisotopic (exact) mass is 489 g/mol. The van der Waals surface area contributed by atoms with E-state index in [9.17, 15) is 0 Å². The van der Waals surface area contributed by atoms with E-state index in [1.54, 1.807) is 7.11 Å². The lowest BCUT2D eigenvalue weighted by Gasteiger charge is -2.07. The first kappa shape index (κ1) is 16.1. The number of ether oxygens (including phenoxy) is 1. The number of methoxy groups -OCH3 is 1. The summed E-state index contributed by atoms with van der Waals surface area (Å²) in [5.41, 5.74) is 5.36. The fourth-order valence-electron chi connectivity index (χ4n) is 2.29. The van der Waals surface area contributed by atoms with Gasteiger partial charge in [-0.05, 0) is 75.1 Å². The van der Waals surface area contributed by atoms with Gasteiger partial charge >= 0.3 is 0 Å². The van der Waals surface area contributed by atoms with Crippen LogP contribution in [-0.4, -0.2) is 21.6 Å². The second kappa shape index (κ2) is 6.42. The highest BCUT2D eigenvalue weighted by Crippen LogP contribution is 2.38. The highest BCUT2D eigenvalue weighted by molar-refractivity contribution is 14.2. The van der Waals surface area contributed by atoms with Crippen LogP contribution in [0.5, 0.6) is 5.88 Å². The largest absolute Gasteiger partial charge is 0.480 e. The van der Waals surface area contributed by atoms with Gasteiger partial charge in [0, 0.05) is 5.56 Å². The molecule has 0 aliphatic heterocycles. The Balaban J connectivity index is 2.25. The van der Waals surface area contributed by atoms with Gasteiger partial charge in [0.25, 0.3) is 0 Å². The van der Waals surface area contributed by atoms with Crippen LogP contribution in [0.25, 0.3) is 22.2 Å². The molecule has 114 valence electrons. The molecule has 0 fully saturated rings. The predicted octanol–water partition coefficient (Wildman–Crippen LogP) is 5.28. The average Bonchev–Trinajstić information content (AvgIpc) is 2.85. The third-order valence-electron chi connectivity index (χ3n) is 3.64. The number of benzene rings is 1. The molecular weight excluding hydrogens is 476 g/mol. The number of aryl methyl sites for hydroxylation is 2. The van der Waals surface area contributed by atoms with E-state index in [0.717, 1.165) is 26.8 Å². The number of aromatic nitrogens is 3. The molecular formula is C15H14BrIN3OP. The van der Waals surface area contributed by atoms with Crippen LogP contribution < -0.4 is 4.74 Å². The smallest absolute Gasteiger partial charge is 0.226 e. The van der Waals surface area contributed by atoms with E-state index in [2.05, 4.69) is 80.1 Å². The molecule has 22 heavy (non-hydrogen) atoms. The number of fused-ring (bicyclic) bond motifs is 1. The molecule has 0 spiro atoms. The molecule has 2 aromatic heterocycles. The molecule has 1 atom stereocenters. The van der Waals surface area contributed by atoms with Crippen molar-refractivity contribution >= 4 is 55.2 Å². The molecule has 3 aromatic rings. The van der Waals surface area contributed by atoms with Crippen molar-refractivity contribution in [1.29, 1.82) is 0 Å². The molecule has 0 aliphatic carbocycles.